The SMILES string of the molecule is C[C@H](Nc1nccc(N2C(=O)OC[C@@H]2[C@@H](C)O)n1)c1nnc(-c2ccccc2F)o1. The highest BCUT2D eigenvalue weighted by Crippen LogP contribution is 2.26. The van der Waals surface area contributed by atoms with Gasteiger partial charge in [0, 0.05) is 6.20 Å². The van der Waals surface area contributed by atoms with Crippen LogP contribution in [0.5, 0.6) is 0 Å². The lowest BCUT2D eigenvalue weighted by atomic mass is 10.2. The molecule has 2 aromatic heterocycles. The van der Waals surface area contributed by atoms with Gasteiger partial charge in [-0.1, -0.05) is 12.1 Å². The quantitative estimate of drug-likeness (QED) is 0.625. The largest absolute Gasteiger partial charge is 0.447 e. The van der Waals surface area contributed by atoms with Gasteiger partial charge in [-0.05, 0) is 32.0 Å². The van der Waals surface area contributed by atoms with Gasteiger partial charge in [0.1, 0.15) is 30.3 Å². The molecule has 10 nitrogen and oxygen atoms in total. The molecular weight excluding hydrogens is 395 g/mol. The molecule has 0 unspecified atom stereocenters. The molecule has 3 heterocycles. The van der Waals surface area contributed by atoms with Crippen molar-refractivity contribution in [2.75, 3.05) is 16.8 Å². The summed E-state index contributed by atoms with van der Waals surface area (Å²) >= 11 is 0. The second kappa shape index (κ2) is 8.03. The fraction of sp³-hybridized carbons (Fsp3) is 0.316. The van der Waals surface area contributed by atoms with E-state index < -0.39 is 30.1 Å². The van der Waals surface area contributed by atoms with Crippen LogP contribution in [0, 0.1) is 5.82 Å². The second-order valence-electron chi connectivity index (χ2n) is 6.78. The molecule has 2 N–H and O–H groups in total. The molecule has 3 atom stereocenters. The van der Waals surface area contributed by atoms with Crippen molar-refractivity contribution in [1.82, 2.24) is 20.2 Å². The molecule has 1 aromatic carbocycles. The van der Waals surface area contributed by atoms with Crippen LogP contribution in [0.4, 0.5) is 21.0 Å². The number of benzene rings is 1. The Balaban J connectivity index is 1.52. The Kier molecular flexibility index (Phi) is 5.27. The average Bonchev–Trinajstić information content (AvgIpc) is 3.36. The van der Waals surface area contributed by atoms with Gasteiger partial charge in [-0.3, -0.25) is 4.90 Å². The number of nitrogens with one attached hydrogen (secondary N) is 1. The number of halogens is 1. The standard InChI is InChI=1S/C19H19FN6O4/c1-10(16-24-25-17(30-16)12-5-3-4-6-13(12)20)22-18-21-8-7-15(23-18)26-14(11(2)27)9-29-19(26)28/h3-8,10-11,14,27H,9H2,1-2H3,(H,21,22,23)/t10-,11+,14+/m0/s1. The Morgan fingerprint density at radius 1 is 1.27 bits per heavy atom. The zero-order valence-electron chi connectivity index (χ0n) is 16.2. The lowest BCUT2D eigenvalue weighted by Gasteiger charge is -2.22. The summed E-state index contributed by atoms with van der Waals surface area (Å²) in [6, 6.07) is 6.61. The maximum atomic E-state index is 13.9. The highest BCUT2D eigenvalue weighted by Gasteiger charge is 2.38. The van der Waals surface area contributed by atoms with Gasteiger partial charge in [0.2, 0.25) is 11.8 Å². The number of ether oxygens (including phenoxy) is 1. The summed E-state index contributed by atoms with van der Waals surface area (Å²) in [5.41, 5.74) is 0.207. The number of carbonyl (C=O) groups excluding carboxylic acids is 1. The maximum absolute atomic E-state index is 13.9. The fourth-order valence-electron chi connectivity index (χ4n) is 3.02. The molecule has 1 amide bonds. The van der Waals surface area contributed by atoms with Crippen molar-refractivity contribution in [3.63, 3.8) is 0 Å². The number of hydrogen-bond donors (Lipinski definition) is 2. The number of aliphatic hydroxyl groups is 1. The summed E-state index contributed by atoms with van der Waals surface area (Å²) in [6.07, 6.45) is 0.0858. The number of nitrogens with zero attached hydrogens (tertiary/aromatic N) is 5. The van der Waals surface area contributed by atoms with Crippen LogP contribution in [0.15, 0.2) is 40.9 Å². The number of hydrogen-bond acceptors (Lipinski definition) is 9. The average molecular weight is 414 g/mol. The summed E-state index contributed by atoms with van der Waals surface area (Å²) in [6.45, 7) is 3.39. The number of cyclic esters (lactones) is 1. The van der Waals surface area contributed by atoms with Crippen LogP contribution in [0.3, 0.4) is 0 Å². The minimum Gasteiger partial charge on any atom is -0.447 e. The molecule has 0 saturated carbocycles. The number of aliphatic hydroxyl groups excluding tert-OH is 1. The number of carbonyl (C=O) groups is 1. The molecule has 0 bridgehead atoms. The van der Waals surface area contributed by atoms with Crippen LogP contribution in [0.25, 0.3) is 11.5 Å². The zero-order chi connectivity index (χ0) is 21.3. The van der Waals surface area contributed by atoms with E-state index in [2.05, 4.69) is 25.5 Å². The van der Waals surface area contributed by atoms with Crippen molar-refractivity contribution in [2.24, 2.45) is 0 Å². The Hall–Kier alpha value is -3.60. The number of rotatable bonds is 6. The van der Waals surface area contributed by atoms with Crippen molar-refractivity contribution in [3.05, 3.63) is 48.2 Å². The van der Waals surface area contributed by atoms with E-state index in [9.17, 15) is 14.3 Å². The minimum absolute atomic E-state index is 0.0611. The van der Waals surface area contributed by atoms with Crippen LogP contribution in [-0.4, -0.2) is 50.1 Å². The number of aromatic nitrogens is 4. The molecule has 11 heteroatoms. The highest BCUT2D eigenvalue weighted by atomic mass is 19.1. The van der Waals surface area contributed by atoms with Crippen LogP contribution in [0.2, 0.25) is 0 Å². The smallest absolute Gasteiger partial charge is 0.416 e. The Morgan fingerprint density at radius 3 is 2.83 bits per heavy atom. The van der Waals surface area contributed by atoms with Gasteiger partial charge in [-0.25, -0.2) is 14.2 Å². The predicted molar refractivity (Wildman–Crippen MR) is 103 cm³/mol. The minimum atomic E-state index is -0.794. The van der Waals surface area contributed by atoms with Gasteiger partial charge >= 0.3 is 6.09 Å². The van der Waals surface area contributed by atoms with Crippen molar-refractivity contribution >= 4 is 17.9 Å². The van der Waals surface area contributed by atoms with Crippen molar-refractivity contribution < 1.29 is 23.4 Å². The molecule has 0 aliphatic carbocycles. The van der Waals surface area contributed by atoms with E-state index in [-0.39, 0.29) is 35.7 Å². The molecular formula is C19H19FN6O4. The monoisotopic (exact) mass is 414 g/mol. The molecule has 1 fully saturated rings. The first kappa shape index (κ1) is 19.7. The van der Waals surface area contributed by atoms with Crippen molar-refractivity contribution in [2.45, 2.75) is 32.0 Å². The first-order valence-corrected chi connectivity index (χ1v) is 9.26. The van der Waals surface area contributed by atoms with E-state index in [1.807, 2.05) is 0 Å². The fourth-order valence-corrected chi connectivity index (χ4v) is 3.02. The van der Waals surface area contributed by atoms with E-state index >= 15 is 0 Å². The van der Waals surface area contributed by atoms with Gasteiger partial charge in [-0.2, -0.15) is 4.98 Å². The molecule has 3 aromatic rings. The summed E-state index contributed by atoms with van der Waals surface area (Å²) < 4.78 is 24.5. The zero-order valence-corrected chi connectivity index (χ0v) is 16.2. The lowest BCUT2D eigenvalue weighted by molar-refractivity contribution is 0.142. The van der Waals surface area contributed by atoms with Gasteiger partial charge in [0.25, 0.3) is 5.89 Å². The van der Waals surface area contributed by atoms with Crippen LogP contribution < -0.4 is 10.2 Å². The van der Waals surface area contributed by atoms with Crippen molar-refractivity contribution in [1.29, 1.82) is 0 Å². The third-order valence-electron chi connectivity index (χ3n) is 4.61. The van der Waals surface area contributed by atoms with Gasteiger partial charge in [0.05, 0.1) is 11.7 Å². The predicted octanol–water partition coefficient (Wildman–Crippen LogP) is 2.54. The topological polar surface area (TPSA) is 127 Å². The molecule has 30 heavy (non-hydrogen) atoms. The maximum Gasteiger partial charge on any atom is 0.416 e. The van der Waals surface area contributed by atoms with Crippen molar-refractivity contribution in [3.8, 4) is 11.5 Å². The molecule has 4 rings (SSSR count). The Bertz CT molecular complexity index is 1060. The van der Waals surface area contributed by atoms with Gasteiger partial charge in [0.15, 0.2) is 0 Å². The molecule has 156 valence electrons. The van der Waals surface area contributed by atoms with E-state index in [0.29, 0.717) is 0 Å². The lowest BCUT2D eigenvalue weighted by Crippen LogP contribution is -2.41. The summed E-state index contributed by atoms with van der Waals surface area (Å²) in [5.74, 6) is 0.297. The number of anilines is 2. The molecule has 1 aliphatic rings. The first-order valence-electron chi connectivity index (χ1n) is 9.26. The summed E-state index contributed by atoms with van der Waals surface area (Å²) in [7, 11) is 0. The Labute approximate surface area is 170 Å². The second-order valence-corrected chi connectivity index (χ2v) is 6.78. The van der Waals surface area contributed by atoms with Crippen LogP contribution >= 0.6 is 0 Å². The highest BCUT2D eigenvalue weighted by molar-refractivity contribution is 5.89. The summed E-state index contributed by atoms with van der Waals surface area (Å²) in [5, 5.41) is 20.8. The van der Waals surface area contributed by atoms with E-state index in [1.54, 1.807) is 38.1 Å². The van der Waals surface area contributed by atoms with Crippen LogP contribution in [-0.2, 0) is 4.74 Å². The van der Waals surface area contributed by atoms with Gasteiger partial charge < -0.3 is 19.6 Å². The first-order chi connectivity index (χ1) is 14.4. The molecule has 0 radical (unpaired) electrons. The molecule has 1 saturated heterocycles. The van der Waals surface area contributed by atoms with Crippen LogP contribution in [0.1, 0.15) is 25.8 Å². The summed E-state index contributed by atoms with van der Waals surface area (Å²) in [4.78, 5) is 21.8. The van der Waals surface area contributed by atoms with E-state index in [4.69, 9.17) is 9.15 Å². The third kappa shape index (κ3) is 3.79. The third-order valence-corrected chi connectivity index (χ3v) is 4.61. The van der Waals surface area contributed by atoms with E-state index in [1.165, 1.54) is 17.2 Å². The number of amides is 1. The Morgan fingerprint density at radius 2 is 2.07 bits per heavy atom. The van der Waals surface area contributed by atoms with E-state index in [0.717, 1.165) is 0 Å². The normalized spacial score (nSPS) is 18.2. The molecule has 0 spiro atoms. The molecule has 1 aliphatic heterocycles. The van der Waals surface area contributed by atoms with Gasteiger partial charge in [-0.15, -0.1) is 10.2 Å².